The predicted octanol–water partition coefficient (Wildman–Crippen LogP) is 2.68. The van der Waals surface area contributed by atoms with Crippen LogP contribution in [0.1, 0.15) is 20.8 Å². The first-order valence-corrected chi connectivity index (χ1v) is 5.89. The molecule has 0 bridgehead atoms. The van der Waals surface area contributed by atoms with Crippen LogP contribution in [-0.4, -0.2) is 15.5 Å². The molecule has 0 saturated heterocycles. The van der Waals surface area contributed by atoms with E-state index < -0.39 is 23.2 Å². The molecule has 5 nitrogen and oxygen atoms in total. The minimum atomic E-state index is -4.67. The highest BCUT2D eigenvalue weighted by atomic mass is 32.1. The third-order valence-electron chi connectivity index (χ3n) is 2.29. The van der Waals surface area contributed by atoms with Crippen molar-refractivity contribution in [3.63, 3.8) is 0 Å². The van der Waals surface area contributed by atoms with Crippen LogP contribution >= 0.6 is 11.5 Å². The highest BCUT2D eigenvalue weighted by Crippen LogP contribution is 2.33. The van der Waals surface area contributed by atoms with Gasteiger partial charge in [0, 0.05) is 5.69 Å². The molecule has 102 valence electrons. The molecule has 9 heteroatoms. The van der Waals surface area contributed by atoms with Crippen LogP contribution in [0.2, 0.25) is 0 Å². The molecule has 20 heavy (non-hydrogen) atoms. The number of benzene rings is 1. The number of nitrogens with zero attached hydrogens (tertiary/aromatic N) is 3. The van der Waals surface area contributed by atoms with Gasteiger partial charge in [0.25, 0.3) is 5.91 Å². The highest BCUT2D eigenvalue weighted by Gasteiger charge is 2.34. The second kappa shape index (κ2) is 5.26. The Bertz CT molecular complexity index is 676. The number of alkyl halides is 3. The molecule has 2 aromatic rings. The van der Waals surface area contributed by atoms with E-state index in [1.54, 1.807) is 0 Å². The highest BCUT2D eigenvalue weighted by molar-refractivity contribution is 7.07. The van der Waals surface area contributed by atoms with Crippen molar-refractivity contribution < 1.29 is 18.0 Å². The van der Waals surface area contributed by atoms with E-state index in [1.807, 2.05) is 0 Å². The number of rotatable bonds is 2. The molecule has 0 aliphatic rings. The molecule has 0 aliphatic heterocycles. The standard InChI is InChI=1S/C11H5F3N4OS/c12-11(13,14)8-3-7(2-1-6(8)4-15)17-10(19)9-5-16-18-20-9/h1-3,5H,(H,17,19). The van der Waals surface area contributed by atoms with E-state index in [2.05, 4.69) is 14.9 Å². The molecule has 0 unspecified atom stereocenters. The Kier molecular flexibility index (Phi) is 3.67. The van der Waals surface area contributed by atoms with Gasteiger partial charge in [-0.3, -0.25) is 4.79 Å². The Morgan fingerprint density at radius 2 is 2.15 bits per heavy atom. The maximum atomic E-state index is 12.7. The van der Waals surface area contributed by atoms with Crippen LogP contribution in [0.4, 0.5) is 18.9 Å². The Hall–Kier alpha value is -2.47. The summed E-state index contributed by atoms with van der Waals surface area (Å²) in [6.45, 7) is 0. The molecule has 0 spiro atoms. The summed E-state index contributed by atoms with van der Waals surface area (Å²) >= 11 is 0.820. The second-order valence-electron chi connectivity index (χ2n) is 3.61. The van der Waals surface area contributed by atoms with E-state index in [-0.39, 0.29) is 10.6 Å². The maximum Gasteiger partial charge on any atom is 0.417 e. The van der Waals surface area contributed by atoms with E-state index in [9.17, 15) is 18.0 Å². The fraction of sp³-hybridized carbons (Fsp3) is 0.0909. The average Bonchev–Trinajstić information content (AvgIpc) is 2.91. The van der Waals surface area contributed by atoms with Gasteiger partial charge in [0.1, 0.15) is 4.88 Å². The molecule has 0 saturated carbocycles. The first-order chi connectivity index (χ1) is 9.41. The number of nitriles is 1. The van der Waals surface area contributed by atoms with Crippen LogP contribution in [-0.2, 0) is 6.18 Å². The van der Waals surface area contributed by atoms with Gasteiger partial charge in [0.05, 0.1) is 23.4 Å². The van der Waals surface area contributed by atoms with Gasteiger partial charge in [-0.2, -0.15) is 18.4 Å². The third kappa shape index (κ3) is 2.92. The molecule has 1 N–H and O–H groups in total. The SMILES string of the molecule is N#Cc1ccc(NC(=O)c2cnns2)cc1C(F)(F)F. The van der Waals surface area contributed by atoms with E-state index in [0.717, 1.165) is 17.6 Å². The van der Waals surface area contributed by atoms with Gasteiger partial charge in [-0.1, -0.05) is 4.49 Å². The van der Waals surface area contributed by atoms with Crippen molar-refractivity contribution in [2.75, 3.05) is 5.32 Å². The molecule has 0 fully saturated rings. The lowest BCUT2D eigenvalue weighted by Crippen LogP contribution is -2.13. The first-order valence-electron chi connectivity index (χ1n) is 5.12. The zero-order valence-corrected chi connectivity index (χ0v) is 10.4. The molecule has 1 amide bonds. The summed E-state index contributed by atoms with van der Waals surface area (Å²) < 4.78 is 41.7. The number of anilines is 1. The number of aromatic nitrogens is 2. The molecule has 0 atom stereocenters. The summed E-state index contributed by atoms with van der Waals surface area (Å²) in [7, 11) is 0. The predicted molar refractivity (Wildman–Crippen MR) is 64.0 cm³/mol. The van der Waals surface area contributed by atoms with Crippen molar-refractivity contribution >= 4 is 23.1 Å². The number of hydrogen-bond acceptors (Lipinski definition) is 5. The summed E-state index contributed by atoms with van der Waals surface area (Å²) in [5.41, 5.74) is -1.66. The minimum absolute atomic E-state index is 0.0604. The van der Waals surface area contributed by atoms with Crippen LogP contribution in [0.25, 0.3) is 0 Å². The number of carbonyl (C=O) groups excluding carboxylic acids is 1. The first kappa shape index (κ1) is 14.0. The van der Waals surface area contributed by atoms with Gasteiger partial charge in [0.15, 0.2) is 0 Å². The smallest absolute Gasteiger partial charge is 0.321 e. The topological polar surface area (TPSA) is 78.7 Å². The van der Waals surface area contributed by atoms with Gasteiger partial charge in [-0.05, 0) is 29.7 Å². The van der Waals surface area contributed by atoms with Crippen molar-refractivity contribution in [2.24, 2.45) is 0 Å². The summed E-state index contributed by atoms with van der Waals surface area (Å²) in [6.07, 6.45) is -3.47. The molecule has 1 aromatic heterocycles. The lowest BCUT2D eigenvalue weighted by atomic mass is 10.1. The van der Waals surface area contributed by atoms with Gasteiger partial charge in [-0.25, -0.2) is 0 Å². The fourth-order valence-corrected chi connectivity index (χ4v) is 1.82. The fourth-order valence-electron chi connectivity index (χ4n) is 1.41. The van der Waals surface area contributed by atoms with Gasteiger partial charge in [-0.15, -0.1) is 5.10 Å². The maximum absolute atomic E-state index is 12.7. The molecule has 1 aromatic carbocycles. The zero-order chi connectivity index (χ0) is 14.8. The number of nitrogens with one attached hydrogen (secondary N) is 1. The van der Waals surface area contributed by atoms with Crippen LogP contribution in [0, 0.1) is 11.3 Å². The largest absolute Gasteiger partial charge is 0.417 e. The Balaban J connectivity index is 2.31. The quantitative estimate of drug-likeness (QED) is 0.924. The van der Waals surface area contributed by atoms with Crippen molar-refractivity contribution in [1.29, 1.82) is 5.26 Å². The third-order valence-corrected chi connectivity index (χ3v) is 2.95. The summed E-state index contributed by atoms with van der Waals surface area (Å²) in [5.74, 6) is -0.613. The Labute approximate surface area is 114 Å². The van der Waals surface area contributed by atoms with E-state index in [0.29, 0.717) is 6.07 Å². The van der Waals surface area contributed by atoms with Gasteiger partial charge >= 0.3 is 6.18 Å². The lowest BCUT2D eigenvalue weighted by Gasteiger charge is -2.11. The van der Waals surface area contributed by atoms with Gasteiger partial charge in [0.2, 0.25) is 0 Å². The van der Waals surface area contributed by atoms with Crippen molar-refractivity contribution in [1.82, 2.24) is 9.59 Å². The van der Waals surface area contributed by atoms with Gasteiger partial charge < -0.3 is 5.32 Å². The lowest BCUT2D eigenvalue weighted by molar-refractivity contribution is -0.137. The van der Waals surface area contributed by atoms with E-state index in [4.69, 9.17) is 5.26 Å². The number of halogens is 3. The van der Waals surface area contributed by atoms with Crippen LogP contribution in [0.15, 0.2) is 24.4 Å². The Morgan fingerprint density at radius 1 is 1.40 bits per heavy atom. The second-order valence-corrected chi connectivity index (χ2v) is 4.39. The number of carbonyl (C=O) groups is 1. The Morgan fingerprint density at radius 3 is 2.70 bits per heavy atom. The number of amides is 1. The molecular formula is C11H5F3N4OS. The molecule has 1 heterocycles. The van der Waals surface area contributed by atoms with Crippen molar-refractivity contribution in [2.45, 2.75) is 6.18 Å². The zero-order valence-electron chi connectivity index (χ0n) is 9.60. The van der Waals surface area contributed by atoms with E-state index in [1.165, 1.54) is 18.3 Å². The van der Waals surface area contributed by atoms with Crippen LogP contribution < -0.4 is 5.32 Å². The summed E-state index contributed by atoms with van der Waals surface area (Å²) in [5, 5.41) is 14.4. The normalized spacial score (nSPS) is 10.9. The summed E-state index contributed by atoms with van der Waals surface area (Å²) in [6, 6.07) is 4.40. The molecule has 0 radical (unpaired) electrons. The monoisotopic (exact) mass is 298 g/mol. The van der Waals surface area contributed by atoms with Crippen LogP contribution in [0.3, 0.4) is 0 Å². The number of hydrogen-bond donors (Lipinski definition) is 1. The van der Waals surface area contributed by atoms with Crippen LogP contribution in [0.5, 0.6) is 0 Å². The van der Waals surface area contributed by atoms with Crippen molar-refractivity contribution in [3.8, 4) is 6.07 Å². The molecule has 2 rings (SSSR count). The van der Waals surface area contributed by atoms with Crippen molar-refractivity contribution in [3.05, 3.63) is 40.4 Å². The molecular weight excluding hydrogens is 293 g/mol. The van der Waals surface area contributed by atoms with E-state index >= 15 is 0 Å². The summed E-state index contributed by atoms with van der Waals surface area (Å²) in [4.78, 5) is 11.8. The molecule has 0 aliphatic carbocycles. The minimum Gasteiger partial charge on any atom is -0.321 e. The average molecular weight is 298 g/mol.